The second-order valence-corrected chi connectivity index (χ2v) is 7.73. The summed E-state index contributed by atoms with van der Waals surface area (Å²) in [4.78, 5) is 7.83. The van der Waals surface area contributed by atoms with Crippen LogP contribution < -0.4 is 5.73 Å². The van der Waals surface area contributed by atoms with E-state index in [1.165, 1.54) is 5.39 Å². The quantitative estimate of drug-likeness (QED) is 0.402. The molecule has 28 heavy (non-hydrogen) atoms. The molecule has 0 spiro atoms. The van der Waals surface area contributed by atoms with Crippen LogP contribution in [0, 0.1) is 18.3 Å². The molecule has 3 heterocycles. The maximum absolute atomic E-state index is 9.03. The third kappa shape index (κ3) is 2.55. The number of aryl methyl sites for hydroxylation is 1. The van der Waals surface area contributed by atoms with Gasteiger partial charge in [-0.3, -0.25) is 0 Å². The first kappa shape index (κ1) is 16.5. The summed E-state index contributed by atoms with van der Waals surface area (Å²) in [6.07, 6.45) is 1.82. The van der Waals surface area contributed by atoms with Crippen LogP contribution in [0.25, 0.3) is 43.2 Å². The van der Waals surface area contributed by atoms with Crippen LogP contribution in [-0.4, -0.2) is 9.97 Å². The first-order valence-electron chi connectivity index (χ1n) is 8.90. The monoisotopic (exact) mass is 380 g/mol. The number of aromatic amines is 1. The van der Waals surface area contributed by atoms with Gasteiger partial charge in [0, 0.05) is 44.0 Å². The number of benzene rings is 2. The van der Waals surface area contributed by atoms with Gasteiger partial charge >= 0.3 is 0 Å². The van der Waals surface area contributed by atoms with Gasteiger partial charge in [-0.25, -0.2) is 4.98 Å². The zero-order valence-electron chi connectivity index (χ0n) is 15.2. The molecule has 0 amide bonds. The number of thiophene rings is 1. The molecule has 0 saturated carbocycles. The zero-order chi connectivity index (χ0) is 19.3. The van der Waals surface area contributed by atoms with E-state index in [1.807, 2.05) is 30.5 Å². The minimum atomic E-state index is 0.536. The summed E-state index contributed by atoms with van der Waals surface area (Å²) in [5.74, 6) is 0.536. The van der Waals surface area contributed by atoms with Gasteiger partial charge in [-0.1, -0.05) is 18.2 Å². The van der Waals surface area contributed by atoms with Gasteiger partial charge in [-0.15, -0.1) is 11.3 Å². The molecule has 5 rings (SSSR count). The molecule has 0 unspecified atom stereocenters. The lowest BCUT2D eigenvalue weighted by atomic mass is 10.00. The predicted molar refractivity (Wildman–Crippen MR) is 116 cm³/mol. The van der Waals surface area contributed by atoms with Crippen LogP contribution in [0.5, 0.6) is 0 Å². The third-order valence-electron chi connectivity index (χ3n) is 5.02. The van der Waals surface area contributed by atoms with E-state index >= 15 is 0 Å². The predicted octanol–water partition coefficient (Wildman–Crippen LogP) is 5.87. The first-order chi connectivity index (χ1) is 13.6. The van der Waals surface area contributed by atoms with Crippen molar-refractivity contribution in [3.05, 3.63) is 71.4 Å². The van der Waals surface area contributed by atoms with Crippen LogP contribution >= 0.6 is 11.3 Å². The summed E-state index contributed by atoms with van der Waals surface area (Å²) in [5, 5.41) is 13.4. The highest BCUT2D eigenvalue weighted by molar-refractivity contribution is 7.18. The number of H-pyrrole nitrogens is 1. The topological polar surface area (TPSA) is 78.5 Å². The molecule has 0 aliphatic heterocycles. The number of rotatable bonds is 2. The van der Waals surface area contributed by atoms with Gasteiger partial charge in [0.05, 0.1) is 11.6 Å². The highest BCUT2D eigenvalue weighted by Crippen LogP contribution is 2.42. The smallest absolute Gasteiger partial charge is 0.132 e. The minimum Gasteiger partial charge on any atom is -0.383 e. The summed E-state index contributed by atoms with van der Waals surface area (Å²) < 4.78 is 1.11. The maximum Gasteiger partial charge on any atom is 0.132 e. The van der Waals surface area contributed by atoms with Gasteiger partial charge in [0.1, 0.15) is 5.82 Å². The number of hydrogen-bond donors (Lipinski definition) is 2. The lowest BCUT2D eigenvalue weighted by Crippen LogP contribution is -1.92. The lowest BCUT2D eigenvalue weighted by Gasteiger charge is -2.07. The average molecular weight is 380 g/mol. The number of nitrogens with zero attached hydrogens (tertiary/aromatic N) is 2. The fourth-order valence-electron chi connectivity index (χ4n) is 3.66. The van der Waals surface area contributed by atoms with E-state index in [2.05, 4.69) is 52.6 Å². The second-order valence-electron chi connectivity index (χ2n) is 6.85. The maximum atomic E-state index is 9.03. The van der Waals surface area contributed by atoms with E-state index in [4.69, 9.17) is 11.0 Å². The highest BCUT2D eigenvalue weighted by Gasteiger charge is 2.15. The third-order valence-corrected chi connectivity index (χ3v) is 6.03. The van der Waals surface area contributed by atoms with Crippen molar-refractivity contribution in [1.29, 1.82) is 5.26 Å². The van der Waals surface area contributed by atoms with Crippen molar-refractivity contribution in [2.45, 2.75) is 6.92 Å². The molecular weight excluding hydrogens is 364 g/mol. The molecule has 0 atom stereocenters. The summed E-state index contributed by atoms with van der Waals surface area (Å²) in [6, 6.07) is 18.3. The van der Waals surface area contributed by atoms with Crippen LogP contribution in [-0.2, 0) is 0 Å². The Morgan fingerprint density at radius 2 is 1.82 bits per heavy atom. The molecule has 5 heteroatoms. The molecule has 5 aromatic rings. The minimum absolute atomic E-state index is 0.536. The van der Waals surface area contributed by atoms with Crippen LogP contribution in [0.3, 0.4) is 0 Å². The molecule has 0 aliphatic rings. The van der Waals surface area contributed by atoms with Crippen molar-refractivity contribution < 1.29 is 0 Å². The number of nitrogens with one attached hydrogen (secondary N) is 1. The van der Waals surface area contributed by atoms with Crippen LogP contribution in [0.1, 0.15) is 11.3 Å². The van der Waals surface area contributed by atoms with Gasteiger partial charge in [0.25, 0.3) is 0 Å². The number of nitrogens with two attached hydrogens (primary N) is 1. The van der Waals surface area contributed by atoms with Crippen LogP contribution in [0.15, 0.2) is 60.1 Å². The van der Waals surface area contributed by atoms with Crippen LogP contribution in [0.4, 0.5) is 5.82 Å². The summed E-state index contributed by atoms with van der Waals surface area (Å²) in [6.45, 7) is 2.06. The number of nitriles is 1. The molecule has 0 saturated heterocycles. The van der Waals surface area contributed by atoms with Crippen molar-refractivity contribution in [2.24, 2.45) is 0 Å². The Morgan fingerprint density at radius 3 is 2.61 bits per heavy atom. The number of hydrogen-bond acceptors (Lipinski definition) is 4. The zero-order valence-corrected chi connectivity index (χ0v) is 16.0. The van der Waals surface area contributed by atoms with E-state index in [9.17, 15) is 0 Å². The largest absolute Gasteiger partial charge is 0.383 e. The number of fused-ring (bicyclic) bond motifs is 2. The molecule has 2 aromatic carbocycles. The molecule has 0 fully saturated rings. The Bertz CT molecular complexity index is 1380. The molecule has 134 valence electrons. The lowest BCUT2D eigenvalue weighted by molar-refractivity contribution is 1.30. The Hall–Kier alpha value is -3.62. The van der Waals surface area contributed by atoms with Crippen molar-refractivity contribution >= 4 is 38.1 Å². The standard InChI is InChI=1S/C23H16N4S/c1-13-8-17-9-16(6-7-20(17)27-13)19-12-28-22-18(11-26-23(25)21(19)22)15-4-2-14(10-24)3-5-15/h2-9,11-12,27H,1H3,(H2,25,26). The summed E-state index contributed by atoms with van der Waals surface area (Å²) >= 11 is 1.67. The van der Waals surface area contributed by atoms with Crippen molar-refractivity contribution in [3.63, 3.8) is 0 Å². The second kappa shape index (κ2) is 6.22. The molecule has 0 bridgehead atoms. The van der Waals surface area contributed by atoms with E-state index in [0.717, 1.165) is 43.6 Å². The van der Waals surface area contributed by atoms with Gasteiger partial charge in [0.15, 0.2) is 0 Å². The Morgan fingerprint density at radius 1 is 1.04 bits per heavy atom. The molecule has 3 N–H and O–H groups in total. The van der Waals surface area contributed by atoms with Crippen molar-refractivity contribution in [3.8, 4) is 28.3 Å². The highest BCUT2D eigenvalue weighted by atomic mass is 32.1. The first-order valence-corrected chi connectivity index (χ1v) is 9.78. The van der Waals surface area contributed by atoms with Crippen molar-refractivity contribution in [1.82, 2.24) is 9.97 Å². The average Bonchev–Trinajstić information content (AvgIpc) is 3.31. The van der Waals surface area contributed by atoms with Gasteiger partial charge < -0.3 is 10.7 Å². The van der Waals surface area contributed by atoms with E-state index in [1.54, 1.807) is 11.3 Å². The van der Waals surface area contributed by atoms with Crippen molar-refractivity contribution in [2.75, 3.05) is 5.73 Å². The fourth-order valence-corrected chi connectivity index (χ4v) is 4.77. The summed E-state index contributed by atoms with van der Waals surface area (Å²) in [5.41, 5.74) is 13.5. The Kier molecular flexibility index (Phi) is 3.68. The Balaban J connectivity index is 1.71. The molecular formula is C23H16N4S. The van der Waals surface area contributed by atoms with Gasteiger partial charge in [-0.2, -0.15) is 5.26 Å². The molecule has 0 radical (unpaired) electrons. The van der Waals surface area contributed by atoms with Gasteiger partial charge in [-0.05, 0) is 53.8 Å². The molecule has 3 aromatic heterocycles. The normalized spacial score (nSPS) is 11.1. The van der Waals surface area contributed by atoms with Gasteiger partial charge in [0.2, 0.25) is 0 Å². The van der Waals surface area contributed by atoms with E-state index < -0.39 is 0 Å². The summed E-state index contributed by atoms with van der Waals surface area (Å²) in [7, 11) is 0. The number of anilines is 1. The molecule has 4 nitrogen and oxygen atoms in total. The number of pyridine rings is 1. The van der Waals surface area contributed by atoms with E-state index in [-0.39, 0.29) is 0 Å². The van der Waals surface area contributed by atoms with Crippen LogP contribution in [0.2, 0.25) is 0 Å². The van der Waals surface area contributed by atoms with E-state index in [0.29, 0.717) is 11.4 Å². The molecule has 0 aliphatic carbocycles. The fraction of sp³-hybridized carbons (Fsp3) is 0.0435. The number of nitrogen functional groups attached to an aromatic ring is 1. The Labute approximate surface area is 165 Å². The number of aromatic nitrogens is 2. The SMILES string of the molecule is Cc1cc2cc(-c3csc4c(-c5ccc(C#N)cc5)cnc(N)c34)ccc2[nH]1.